The van der Waals surface area contributed by atoms with Crippen LogP contribution in [0.25, 0.3) is 0 Å². The summed E-state index contributed by atoms with van der Waals surface area (Å²) in [6.07, 6.45) is 1.70. The molecule has 0 unspecified atom stereocenters. The van der Waals surface area contributed by atoms with Crippen LogP contribution < -0.4 is 19.5 Å². The summed E-state index contributed by atoms with van der Waals surface area (Å²) in [4.78, 5) is 0. The van der Waals surface area contributed by atoms with Gasteiger partial charge in [-0.15, -0.1) is 0 Å². The smallest absolute Gasteiger partial charge is 0.203 e. The molecule has 0 saturated carbocycles. The number of ether oxygens (including phenoxy) is 3. The zero-order valence-corrected chi connectivity index (χ0v) is 11.6. The molecule has 0 atom stereocenters. The van der Waals surface area contributed by atoms with E-state index >= 15 is 0 Å². The Bertz CT molecular complexity index is 382. The average Bonchev–Trinajstić information content (AvgIpc) is 2.40. The summed E-state index contributed by atoms with van der Waals surface area (Å²) >= 11 is 5.45. The van der Waals surface area contributed by atoms with E-state index in [0.29, 0.717) is 23.9 Å². The van der Waals surface area contributed by atoms with Gasteiger partial charge >= 0.3 is 0 Å². The molecule has 1 rings (SSSR count). The van der Waals surface area contributed by atoms with Gasteiger partial charge in [0, 0.05) is 12.1 Å². The van der Waals surface area contributed by atoms with Crippen molar-refractivity contribution >= 4 is 11.6 Å². The molecule has 0 spiro atoms. The molecule has 1 aromatic rings. The lowest BCUT2D eigenvalue weighted by molar-refractivity contribution is 0.300. The topological polar surface area (TPSA) is 39.7 Å². The Kier molecular flexibility index (Phi) is 6.39. The Balaban J connectivity index is 3.04. The van der Waals surface area contributed by atoms with Crippen LogP contribution in [0.4, 0.5) is 0 Å². The molecule has 0 amide bonds. The molecular weight excluding hydrogens is 254 g/mol. The molecule has 0 aliphatic heterocycles. The molecule has 1 aromatic carbocycles. The highest BCUT2D eigenvalue weighted by Gasteiger charge is 2.13. The fraction of sp³-hybridized carbons (Fsp3) is 0.385. The van der Waals surface area contributed by atoms with Crippen LogP contribution >= 0.6 is 11.6 Å². The predicted molar refractivity (Wildman–Crippen MR) is 72.8 cm³/mol. The lowest BCUT2D eigenvalue weighted by atomic mass is 10.2. The summed E-state index contributed by atoms with van der Waals surface area (Å²) in [7, 11) is 5.08. The third-order valence-corrected chi connectivity index (χ3v) is 2.49. The van der Waals surface area contributed by atoms with E-state index in [2.05, 4.69) is 5.32 Å². The van der Waals surface area contributed by atoms with Crippen molar-refractivity contribution in [1.82, 2.24) is 5.32 Å². The summed E-state index contributed by atoms with van der Waals surface area (Å²) < 4.78 is 16.2. The standard InChI is InChI=1S/C13H18ClNO3/c1-15-9-10-7-11(16-2)13(12(8-10)17-3)18-6-4-5-14/h4-5,7-8,15H,6,9H2,1-3H3/b5-4+. The van der Waals surface area contributed by atoms with E-state index in [1.807, 2.05) is 19.2 Å². The maximum Gasteiger partial charge on any atom is 0.203 e. The van der Waals surface area contributed by atoms with Crippen LogP contribution in [0.2, 0.25) is 0 Å². The zero-order chi connectivity index (χ0) is 13.4. The molecule has 0 radical (unpaired) electrons. The van der Waals surface area contributed by atoms with Crippen LogP contribution in [0.5, 0.6) is 17.2 Å². The fourth-order valence-corrected chi connectivity index (χ4v) is 1.62. The van der Waals surface area contributed by atoms with Crippen LogP contribution in [-0.4, -0.2) is 27.9 Å². The molecule has 0 aromatic heterocycles. The fourth-order valence-electron chi connectivity index (χ4n) is 1.55. The highest BCUT2D eigenvalue weighted by Crippen LogP contribution is 2.38. The van der Waals surface area contributed by atoms with Crippen molar-refractivity contribution in [2.24, 2.45) is 0 Å². The van der Waals surface area contributed by atoms with E-state index < -0.39 is 0 Å². The molecule has 0 saturated heterocycles. The second-order valence-corrected chi connectivity index (χ2v) is 3.78. The number of methoxy groups -OCH3 is 2. The quantitative estimate of drug-likeness (QED) is 0.827. The van der Waals surface area contributed by atoms with Gasteiger partial charge in [0.05, 0.1) is 14.2 Å². The van der Waals surface area contributed by atoms with E-state index in [0.717, 1.165) is 12.1 Å². The van der Waals surface area contributed by atoms with Crippen LogP contribution in [0.1, 0.15) is 5.56 Å². The van der Waals surface area contributed by atoms with Crippen molar-refractivity contribution in [2.75, 3.05) is 27.9 Å². The molecule has 5 heteroatoms. The molecule has 0 aliphatic rings. The van der Waals surface area contributed by atoms with E-state index in [1.54, 1.807) is 20.3 Å². The highest BCUT2D eigenvalue weighted by molar-refractivity contribution is 6.25. The SMILES string of the molecule is CNCc1cc(OC)c(OC/C=C/Cl)c(OC)c1. The van der Waals surface area contributed by atoms with Crippen LogP contribution in [0, 0.1) is 0 Å². The molecule has 0 bridgehead atoms. The number of rotatable bonds is 7. The maximum absolute atomic E-state index is 5.58. The van der Waals surface area contributed by atoms with Crippen molar-refractivity contribution in [3.05, 3.63) is 29.3 Å². The van der Waals surface area contributed by atoms with Crippen molar-refractivity contribution < 1.29 is 14.2 Å². The summed E-state index contributed by atoms with van der Waals surface area (Å²) in [5, 5.41) is 3.08. The molecule has 100 valence electrons. The first kappa shape index (κ1) is 14.7. The van der Waals surface area contributed by atoms with Crippen molar-refractivity contribution in [3.63, 3.8) is 0 Å². The third-order valence-electron chi connectivity index (χ3n) is 2.31. The Labute approximate surface area is 112 Å². The minimum Gasteiger partial charge on any atom is -0.493 e. The molecular formula is C13H18ClNO3. The monoisotopic (exact) mass is 271 g/mol. The van der Waals surface area contributed by atoms with Crippen LogP contribution in [-0.2, 0) is 6.54 Å². The predicted octanol–water partition coefficient (Wildman–Crippen LogP) is 2.55. The van der Waals surface area contributed by atoms with Crippen LogP contribution in [0.3, 0.4) is 0 Å². The summed E-state index contributed by atoms with van der Waals surface area (Å²) in [6.45, 7) is 1.09. The van der Waals surface area contributed by atoms with Gasteiger partial charge in [-0.1, -0.05) is 11.6 Å². The average molecular weight is 272 g/mol. The molecule has 1 N–H and O–H groups in total. The van der Waals surface area contributed by atoms with Crippen LogP contribution in [0.15, 0.2) is 23.7 Å². The first-order valence-corrected chi connectivity index (χ1v) is 5.98. The van der Waals surface area contributed by atoms with Gasteiger partial charge in [-0.05, 0) is 30.8 Å². The Morgan fingerprint density at radius 2 is 1.83 bits per heavy atom. The lowest BCUT2D eigenvalue weighted by Crippen LogP contribution is -2.07. The first-order valence-electron chi connectivity index (χ1n) is 5.54. The molecule has 0 aliphatic carbocycles. The zero-order valence-electron chi connectivity index (χ0n) is 10.8. The Hall–Kier alpha value is -1.39. The Morgan fingerprint density at radius 3 is 2.28 bits per heavy atom. The second kappa shape index (κ2) is 7.84. The van der Waals surface area contributed by atoms with E-state index in [1.165, 1.54) is 5.54 Å². The van der Waals surface area contributed by atoms with E-state index in [-0.39, 0.29) is 0 Å². The van der Waals surface area contributed by atoms with Gasteiger partial charge in [0.15, 0.2) is 11.5 Å². The van der Waals surface area contributed by atoms with Gasteiger partial charge in [-0.2, -0.15) is 0 Å². The largest absolute Gasteiger partial charge is 0.493 e. The number of hydrogen-bond donors (Lipinski definition) is 1. The van der Waals surface area contributed by atoms with Gasteiger partial charge in [0.1, 0.15) is 6.61 Å². The number of hydrogen-bond acceptors (Lipinski definition) is 4. The number of nitrogens with one attached hydrogen (secondary N) is 1. The lowest BCUT2D eigenvalue weighted by Gasteiger charge is -2.15. The normalized spacial score (nSPS) is 10.7. The molecule has 4 nitrogen and oxygen atoms in total. The summed E-state index contributed by atoms with van der Waals surface area (Å²) in [6, 6.07) is 3.83. The third kappa shape index (κ3) is 3.82. The van der Waals surface area contributed by atoms with Crippen molar-refractivity contribution in [3.8, 4) is 17.2 Å². The van der Waals surface area contributed by atoms with Crippen molar-refractivity contribution in [2.45, 2.75) is 6.54 Å². The van der Waals surface area contributed by atoms with E-state index in [9.17, 15) is 0 Å². The highest BCUT2D eigenvalue weighted by atomic mass is 35.5. The first-order chi connectivity index (χ1) is 8.76. The van der Waals surface area contributed by atoms with Gasteiger partial charge in [-0.25, -0.2) is 0 Å². The number of benzene rings is 1. The van der Waals surface area contributed by atoms with E-state index in [4.69, 9.17) is 25.8 Å². The second-order valence-electron chi connectivity index (χ2n) is 3.53. The molecule has 0 fully saturated rings. The molecule has 18 heavy (non-hydrogen) atoms. The Morgan fingerprint density at radius 1 is 1.22 bits per heavy atom. The van der Waals surface area contributed by atoms with Gasteiger partial charge in [0.2, 0.25) is 5.75 Å². The van der Waals surface area contributed by atoms with Gasteiger partial charge in [-0.3, -0.25) is 0 Å². The minimum atomic E-state index is 0.363. The summed E-state index contributed by atoms with van der Waals surface area (Å²) in [5.41, 5.74) is 2.47. The maximum atomic E-state index is 5.58. The minimum absolute atomic E-state index is 0.363. The number of halogens is 1. The van der Waals surface area contributed by atoms with Gasteiger partial charge in [0.25, 0.3) is 0 Å². The van der Waals surface area contributed by atoms with Crippen molar-refractivity contribution in [1.29, 1.82) is 0 Å². The van der Waals surface area contributed by atoms with Gasteiger partial charge < -0.3 is 19.5 Å². The summed E-state index contributed by atoms with van der Waals surface area (Å²) in [5.74, 6) is 1.86. The molecule has 0 heterocycles.